The fourth-order valence-electron chi connectivity index (χ4n) is 2.53. The van der Waals surface area contributed by atoms with Crippen LogP contribution in [0.4, 0.5) is 10.5 Å². The summed E-state index contributed by atoms with van der Waals surface area (Å²) in [6, 6.07) is 6.66. The number of hydrogen-bond acceptors (Lipinski definition) is 2. The molecular weight excluding hydrogens is 330 g/mol. The van der Waals surface area contributed by atoms with Gasteiger partial charge in [-0.3, -0.25) is 0 Å². The van der Waals surface area contributed by atoms with Crippen LogP contribution in [0.5, 0.6) is 0 Å². The topological polar surface area (TPSA) is 35.6 Å². The number of anilines is 1. The Kier molecular flexibility index (Phi) is 5.51. The molecule has 4 nitrogen and oxygen atoms in total. The zero-order valence-electron chi connectivity index (χ0n) is 13.0. The smallest absolute Gasteiger partial charge is 0.317 e. The second kappa shape index (κ2) is 7.16. The summed E-state index contributed by atoms with van der Waals surface area (Å²) in [5, 5.41) is 3.03. The second-order valence-electron chi connectivity index (χ2n) is 5.66. The van der Waals surface area contributed by atoms with Crippen LogP contribution < -0.4 is 10.2 Å². The van der Waals surface area contributed by atoms with Crippen molar-refractivity contribution in [2.45, 2.75) is 33.2 Å². The molecule has 1 aliphatic heterocycles. The first-order valence-electron chi connectivity index (χ1n) is 7.57. The molecule has 0 radical (unpaired) electrons. The minimum atomic E-state index is 0.0662. The van der Waals surface area contributed by atoms with Gasteiger partial charge in [-0.15, -0.1) is 0 Å². The third kappa shape index (κ3) is 4.13. The summed E-state index contributed by atoms with van der Waals surface area (Å²) >= 11 is 3.50. The molecule has 0 aliphatic carbocycles. The van der Waals surface area contributed by atoms with Crippen molar-refractivity contribution in [1.82, 2.24) is 10.2 Å². The fraction of sp³-hybridized carbons (Fsp3) is 0.562. The van der Waals surface area contributed by atoms with Crippen molar-refractivity contribution in [3.05, 3.63) is 28.2 Å². The van der Waals surface area contributed by atoms with E-state index in [1.54, 1.807) is 0 Å². The molecule has 5 heteroatoms. The highest BCUT2D eigenvalue weighted by molar-refractivity contribution is 9.10. The number of benzene rings is 1. The Hall–Kier alpha value is -1.23. The van der Waals surface area contributed by atoms with E-state index in [0.717, 1.165) is 37.1 Å². The molecule has 2 rings (SSSR count). The van der Waals surface area contributed by atoms with Crippen molar-refractivity contribution >= 4 is 27.6 Å². The van der Waals surface area contributed by atoms with Crippen LogP contribution >= 0.6 is 15.9 Å². The first kappa shape index (κ1) is 16.1. The van der Waals surface area contributed by atoms with Gasteiger partial charge in [-0.25, -0.2) is 4.79 Å². The molecule has 1 aromatic carbocycles. The van der Waals surface area contributed by atoms with Crippen LogP contribution in [0.25, 0.3) is 0 Å². The summed E-state index contributed by atoms with van der Waals surface area (Å²) in [7, 11) is 0. The van der Waals surface area contributed by atoms with Crippen LogP contribution in [-0.4, -0.2) is 43.2 Å². The number of halogens is 1. The largest absolute Gasteiger partial charge is 0.368 e. The van der Waals surface area contributed by atoms with Gasteiger partial charge in [0.1, 0.15) is 0 Å². The Balaban J connectivity index is 1.92. The van der Waals surface area contributed by atoms with Crippen molar-refractivity contribution in [3.63, 3.8) is 0 Å². The lowest BCUT2D eigenvalue weighted by Crippen LogP contribution is -2.53. The third-order valence-corrected chi connectivity index (χ3v) is 4.54. The number of amides is 2. The maximum atomic E-state index is 12.1. The van der Waals surface area contributed by atoms with Crippen LogP contribution in [0.2, 0.25) is 0 Å². The number of nitrogens with zero attached hydrogens (tertiary/aromatic N) is 2. The number of aryl methyl sites for hydroxylation is 1. The predicted molar refractivity (Wildman–Crippen MR) is 90.9 cm³/mol. The van der Waals surface area contributed by atoms with E-state index in [1.165, 1.54) is 11.3 Å². The minimum absolute atomic E-state index is 0.0662. The molecule has 1 heterocycles. The van der Waals surface area contributed by atoms with E-state index in [9.17, 15) is 4.79 Å². The Morgan fingerprint density at radius 3 is 2.57 bits per heavy atom. The molecule has 21 heavy (non-hydrogen) atoms. The molecular formula is C16H24BrN3O. The summed E-state index contributed by atoms with van der Waals surface area (Å²) in [5.74, 6) is 0. The van der Waals surface area contributed by atoms with Gasteiger partial charge in [-0.05, 0) is 44.0 Å². The molecule has 1 aliphatic rings. The van der Waals surface area contributed by atoms with E-state index in [0.29, 0.717) is 0 Å². The van der Waals surface area contributed by atoms with Crippen LogP contribution in [-0.2, 0) is 0 Å². The van der Waals surface area contributed by atoms with Gasteiger partial charge in [0.05, 0.1) is 0 Å². The Morgan fingerprint density at radius 2 is 2.00 bits per heavy atom. The van der Waals surface area contributed by atoms with Crippen LogP contribution in [0.15, 0.2) is 22.7 Å². The first-order valence-corrected chi connectivity index (χ1v) is 8.37. The normalized spacial score (nSPS) is 16.8. The number of carbonyl (C=O) groups is 1. The maximum absolute atomic E-state index is 12.1. The number of urea groups is 1. The molecule has 1 N–H and O–H groups in total. The average molecular weight is 354 g/mol. The van der Waals surface area contributed by atoms with Gasteiger partial charge in [0, 0.05) is 42.4 Å². The summed E-state index contributed by atoms with van der Waals surface area (Å²) < 4.78 is 1.11. The fourth-order valence-corrected chi connectivity index (χ4v) is 3.00. The molecule has 116 valence electrons. The van der Waals surface area contributed by atoms with Gasteiger partial charge < -0.3 is 15.1 Å². The van der Waals surface area contributed by atoms with E-state index in [-0.39, 0.29) is 12.1 Å². The lowest BCUT2D eigenvalue weighted by atomic mass is 10.1. The molecule has 0 spiro atoms. The van der Waals surface area contributed by atoms with Gasteiger partial charge >= 0.3 is 6.03 Å². The predicted octanol–water partition coefficient (Wildman–Crippen LogP) is 3.39. The molecule has 0 saturated carbocycles. The van der Waals surface area contributed by atoms with Gasteiger partial charge in [-0.1, -0.05) is 22.9 Å². The van der Waals surface area contributed by atoms with Crippen molar-refractivity contribution < 1.29 is 4.79 Å². The van der Waals surface area contributed by atoms with Crippen molar-refractivity contribution in [1.29, 1.82) is 0 Å². The molecule has 1 unspecified atom stereocenters. The summed E-state index contributed by atoms with van der Waals surface area (Å²) in [4.78, 5) is 16.4. The highest BCUT2D eigenvalue weighted by Gasteiger charge is 2.22. The molecule has 2 amide bonds. The first-order chi connectivity index (χ1) is 10.0. The van der Waals surface area contributed by atoms with E-state index in [1.807, 2.05) is 11.8 Å². The molecule has 1 aromatic rings. The van der Waals surface area contributed by atoms with Crippen LogP contribution in [0, 0.1) is 6.92 Å². The molecule has 0 bridgehead atoms. The van der Waals surface area contributed by atoms with Gasteiger partial charge in [-0.2, -0.15) is 0 Å². The van der Waals surface area contributed by atoms with E-state index in [4.69, 9.17) is 0 Å². The number of carbonyl (C=O) groups excluding carboxylic acids is 1. The average Bonchev–Trinajstić information content (AvgIpc) is 2.47. The minimum Gasteiger partial charge on any atom is -0.368 e. The van der Waals surface area contributed by atoms with Crippen molar-refractivity contribution in [3.8, 4) is 0 Å². The van der Waals surface area contributed by atoms with Crippen molar-refractivity contribution in [2.75, 3.05) is 31.1 Å². The van der Waals surface area contributed by atoms with Crippen LogP contribution in [0.3, 0.4) is 0 Å². The van der Waals surface area contributed by atoms with E-state index < -0.39 is 0 Å². The number of nitrogens with one attached hydrogen (secondary N) is 1. The highest BCUT2D eigenvalue weighted by Crippen LogP contribution is 2.24. The standard InChI is InChI=1S/C16H24BrN3O/c1-4-13(3)18-16(21)20-9-7-19(8-10-20)15-6-5-14(17)11-12(15)2/h5-6,11,13H,4,7-10H2,1-3H3,(H,18,21). The monoisotopic (exact) mass is 353 g/mol. The molecule has 1 saturated heterocycles. The summed E-state index contributed by atoms with van der Waals surface area (Å²) in [5.41, 5.74) is 2.53. The zero-order valence-corrected chi connectivity index (χ0v) is 14.6. The lowest BCUT2D eigenvalue weighted by molar-refractivity contribution is 0.191. The SMILES string of the molecule is CCC(C)NC(=O)N1CCN(c2ccc(Br)cc2C)CC1. The van der Waals surface area contributed by atoms with Gasteiger partial charge in [0.2, 0.25) is 0 Å². The van der Waals surface area contributed by atoms with E-state index in [2.05, 4.69) is 58.2 Å². The van der Waals surface area contributed by atoms with Gasteiger partial charge in [0.15, 0.2) is 0 Å². The zero-order chi connectivity index (χ0) is 15.4. The van der Waals surface area contributed by atoms with E-state index >= 15 is 0 Å². The number of rotatable bonds is 3. The highest BCUT2D eigenvalue weighted by atomic mass is 79.9. The second-order valence-corrected chi connectivity index (χ2v) is 6.58. The quantitative estimate of drug-likeness (QED) is 0.903. The maximum Gasteiger partial charge on any atom is 0.317 e. The third-order valence-electron chi connectivity index (χ3n) is 4.05. The molecule has 1 fully saturated rings. The van der Waals surface area contributed by atoms with Crippen LogP contribution in [0.1, 0.15) is 25.8 Å². The molecule has 0 aromatic heterocycles. The Morgan fingerprint density at radius 1 is 1.33 bits per heavy atom. The number of piperazine rings is 1. The molecule has 1 atom stereocenters. The number of hydrogen-bond donors (Lipinski definition) is 1. The van der Waals surface area contributed by atoms with Crippen molar-refractivity contribution in [2.24, 2.45) is 0 Å². The Bertz CT molecular complexity index is 498. The summed E-state index contributed by atoms with van der Waals surface area (Å²) in [6.45, 7) is 9.57. The lowest BCUT2D eigenvalue weighted by Gasteiger charge is -2.37. The Labute approximate surface area is 135 Å². The van der Waals surface area contributed by atoms with Gasteiger partial charge in [0.25, 0.3) is 0 Å². The summed E-state index contributed by atoms with van der Waals surface area (Å²) in [6.07, 6.45) is 0.962.